The minimum atomic E-state index is 0. The molecule has 1 saturated heterocycles. The Morgan fingerprint density at radius 1 is 1.04 bits per heavy atom. The quantitative estimate of drug-likeness (QED) is 0.803. The van der Waals surface area contributed by atoms with Crippen LogP contribution in [0, 0.1) is 5.92 Å². The third-order valence-corrected chi connectivity index (χ3v) is 5.17. The minimum absolute atomic E-state index is 0. The summed E-state index contributed by atoms with van der Waals surface area (Å²) >= 11 is 0. The van der Waals surface area contributed by atoms with Crippen molar-refractivity contribution < 1.29 is 4.79 Å². The van der Waals surface area contributed by atoms with Crippen LogP contribution >= 0.6 is 12.4 Å². The first-order valence-corrected chi connectivity index (χ1v) is 9.26. The number of carbonyl (C=O) groups is 1. The molecule has 1 aliphatic rings. The zero-order valence-electron chi connectivity index (χ0n) is 15.4. The standard InChI is InChI=1S/C22H28N2O.ClH/c1-24(21-12-13-23-17-21)22(25)16-20(14-18-8-4-2-5-9-18)15-19-10-6-3-7-11-19;/h2-11,20-21,23H,12-17H2,1H3;1H. The van der Waals surface area contributed by atoms with Gasteiger partial charge in [-0.15, -0.1) is 12.4 Å². The van der Waals surface area contributed by atoms with Crippen LogP contribution in [-0.4, -0.2) is 37.0 Å². The maximum absolute atomic E-state index is 12.8. The zero-order valence-corrected chi connectivity index (χ0v) is 16.3. The SMILES string of the molecule is CN(C(=O)CC(Cc1ccccc1)Cc1ccccc1)C1CCNC1.Cl. The summed E-state index contributed by atoms with van der Waals surface area (Å²) in [6.45, 7) is 1.93. The van der Waals surface area contributed by atoms with Crippen molar-refractivity contribution in [2.75, 3.05) is 20.1 Å². The van der Waals surface area contributed by atoms with Crippen LogP contribution in [0.4, 0.5) is 0 Å². The van der Waals surface area contributed by atoms with Crippen LogP contribution in [-0.2, 0) is 17.6 Å². The van der Waals surface area contributed by atoms with Crippen LogP contribution in [0.15, 0.2) is 60.7 Å². The molecule has 1 aliphatic heterocycles. The fourth-order valence-corrected chi connectivity index (χ4v) is 3.68. The Balaban J connectivity index is 0.00000243. The number of carbonyl (C=O) groups excluding carboxylic acids is 1. The molecule has 0 spiro atoms. The number of hydrogen-bond donors (Lipinski definition) is 1. The van der Waals surface area contributed by atoms with Crippen LogP contribution in [0.25, 0.3) is 0 Å². The zero-order chi connectivity index (χ0) is 17.5. The summed E-state index contributed by atoms with van der Waals surface area (Å²) in [6.07, 6.45) is 3.55. The lowest BCUT2D eigenvalue weighted by Crippen LogP contribution is -2.39. The average molecular weight is 373 g/mol. The second-order valence-corrected chi connectivity index (χ2v) is 7.10. The Morgan fingerprint density at radius 3 is 2.04 bits per heavy atom. The fourth-order valence-electron chi connectivity index (χ4n) is 3.68. The molecular weight excluding hydrogens is 344 g/mol. The van der Waals surface area contributed by atoms with E-state index in [4.69, 9.17) is 0 Å². The number of halogens is 1. The van der Waals surface area contributed by atoms with E-state index >= 15 is 0 Å². The lowest BCUT2D eigenvalue weighted by atomic mass is 9.89. The summed E-state index contributed by atoms with van der Waals surface area (Å²) in [4.78, 5) is 14.8. The van der Waals surface area contributed by atoms with Gasteiger partial charge in [0.1, 0.15) is 0 Å². The van der Waals surface area contributed by atoms with Gasteiger partial charge in [-0.05, 0) is 42.9 Å². The normalized spacial score (nSPS) is 16.3. The van der Waals surface area contributed by atoms with Gasteiger partial charge in [0.15, 0.2) is 0 Å². The Labute approximate surface area is 163 Å². The van der Waals surface area contributed by atoms with E-state index in [1.165, 1.54) is 11.1 Å². The molecule has 2 aromatic carbocycles. The molecule has 0 aromatic heterocycles. The molecule has 1 fully saturated rings. The molecule has 0 saturated carbocycles. The first kappa shape index (κ1) is 20.5. The predicted molar refractivity (Wildman–Crippen MR) is 110 cm³/mol. The lowest BCUT2D eigenvalue weighted by molar-refractivity contribution is -0.132. The van der Waals surface area contributed by atoms with Crippen LogP contribution in [0.2, 0.25) is 0 Å². The average Bonchev–Trinajstić information content (AvgIpc) is 3.17. The van der Waals surface area contributed by atoms with Gasteiger partial charge in [0.2, 0.25) is 5.91 Å². The lowest BCUT2D eigenvalue weighted by Gasteiger charge is -2.26. The first-order chi connectivity index (χ1) is 12.2. The molecule has 3 rings (SSSR count). The van der Waals surface area contributed by atoms with E-state index in [-0.39, 0.29) is 18.3 Å². The van der Waals surface area contributed by atoms with Crippen molar-refractivity contribution in [1.29, 1.82) is 0 Å². The molecule has 1 atom stereocenters. The van der Waals surface area contributed by atoms with Gasteiger partial charge in [-0.3, -0.25) is 4.79 Å². The molecule has 3 nitrogen and oxygen atoms in total. The van der Waals surface area contributed by atoms with E-state index in [2.05, 4.69) is 53.8 Å². The molecule has 2 aromatic rings. The maximum atomic E-state index is 12.8. The summed E-state index contributed by atoms with van der Waals surface area (Å²) < 4.78 is 0. The molecule has 1 unspecified atom stereocenters. The van der Waals surface area contributed by atoms with Crippen molar-refractivity contribution in [3.63, 3.8) is 0 Å². The Hall–Kier alpha value is -1.84. The molecule has 0 bridgehead atoms. The highest BCUT2D eigenvalue weighted by Crippen LogP contribution is 2.20. The molecule has 140 valence electrons. The van der Waals surface area contributed by atoms with E-state index in [9.17, 15) is 4.79 Å². The smallest absolute Gasteiger partial charge is 0.222 e. The monoisotopic (exact) mass is 372 g/mol. The Bertz CT molecular complexity index is 615. The highest BCUT2D eigenvalue weighted by Gasteiger charge is 2.25. The third-order valence-electron chi connectivity index (χ3n) is 5.17. The van der Waals surface area contributed by atoms with Crippen molar-refractivity contribution in [2.24, 2.45) is 5.92 Å². The van der Waals surface area contributed by atoms with E-state index in [0.29, 0.717) is 18.4 Å². The summed E-state index contributed by atoms with van der Waals surface area (Å²) in [7, 11) is 1.96. The van der Waals surface area contributed by atoms with Crippen LogP contribution < -0.4 is 5.32 Å². The topological polar surface area (TPSA) is 32.3 Å². The van der Waals surface area contributed by atoms with Gasteiger partial charge in [-0.2, -0.15) is 0 Å². The molecule has 1 amide bonds. The molecular formula is C22H29ClN2O. The van der Waals surface area contributed by atoms with Crippen molar-refractivity contribution in [2.45, 2.75) is 31.7 Å². The van der Waals surface area contributed by atoms with Crippen LogP contribution in [0.5, 0.6) is 0 Å². The third kappa shape index (κ3) is 5.86. The number of benzene rings is 2. The summed E-state index contributed by atoms with van der Waals surface area (Å²) in [5.74, 6) is 0.597. The Kier molecular flexibility index (Phi) is 8.14. The van der Waals surface area contributed by atoms with Crippen molar-refractivity contribution >= 4 is 18.3 Å². The van der Waals surface area contributed by atoms with Gasteiger partial charge in [-0.1, -0.05) is 60.7 Å². The second-order valence-electron chi connectivity index (χ2n) is 7.10. The molecule has 0 aliphatic carbocycles. The molecule has 1 heterocycles. The molecule has 26 heavy (non-hydrogen) atoms. The van der Waals surface area contributed by atoms with E-state index < -0.39 is 0 Å². The molecule has 0 radical (unpaired) electrons. The van der Waals surface area contributed by atoms with Crippen molar-refractivity contribution in [1.82, 2.24) is 10.2 Å². The van der Waals surface area contributed by atoms with Gasteiger partial charge in [0.25, 0.3) is 0 Å². The summed E-state index contributed by atoms with van der Waals surface area (Å²) in [5.41, 5.74) is 2.61. The van der Waals surface area contributed by atoms with Gasteiger partial charge >= 0.3 is 0 Å². The predicted octanol–water partition coefficient (Wildman–Crippen LogP) is 3.72. The number of amides is 1. The van der Waals surface area contributed by atoms with Crippen LogP contribution in [0.1, 0.15) is 24.0 Å². The second kappa shape index (κ2) is 10.3. The fraction of sp³-hybridized carbons (Fsp3) is 0.409. The largest absolute Gasteiger partial charge is 0.341 e. The number of nitrogens with one attached hydrogen (secondary N) is 1. The van der Waals surface area contributed by atoms with E-state index in [0.717, 1.165) is 32.4 Å². The van der Waals surface area contributed by atoms with Gasteiger partial charge in [0, 0.05) is 26.1 Å². The summed E-state index contributed by atoms with van der Waals surface area (Å²) in [5, 5.41) is 3.35. The number of nitrogens with zero attached hydrogens (tertiary/aromatic N) is 1. The van der Waals surface area contributed by atoms with E-state index in [1.807, 2.05) is 24.1 Å². The van der Waals surface area contributed by atoms with E-state index in [1.54, 1.807) is 0 Å². The minimum Gasteiger partial charge on any atom is -0.341 e. The first-order valence-electron chi connectivity index (χ1n) is 9.26. The van der Waals surface area contributed by atoms with Gasteiger partial charge in [0.05, 0.1) is 0 Å². The number of rotatable bonds is 7. The van der Waals surface area contributed by atoms with Crippen molar-refractivity contribution in [3.8, 4) is 0 Å². The van der Waals surface area contributed by atoms with Crippen LogP contribution in [0.3, 0.4) is 0 Å². The Morgan fingerprint density at radius 2 is 1.58 bits per heavy atom. The van der Waals surface area contributed by atoms with Crippen molar-refractivity contribution in [3.05, 3.63) is 71.8 Å². The maximum Gasteiger partial charge on any atom is 0.222 e. The number of hydrogen-bond acceptors (Lipinski definition) is 2. The highest BCUT2D eigenvalue weighted by atomic mass is 35.5. The highest BCUT2D eigenvalue weighted by molar-refractivity contribution is 5.85. The molecule has 1 N–H and O–H groups in total. The van der Waals surface area contributed by atoms with Gasteiger partial charge < -0.3 is 10.2 Å². The molecule has 4 heteroatoms. The summed E-state index contributed by atoms with van der Waals surface area (Å²) in [6, 6.07) is 21.4. The van der Waals surface area contributed by atoms with Gasteiger partial charge in [-0.25, -0.2) is 0 Å². The number of likely N-dealkylation sites (N-methyl/N-ethyl adjacent to an activating group) is 1.